The smallest absolute Gasteiger partial charge is 0.410 e. The molecule has 1 amide bonds. The summed E-state index contributed by atoms with van der Waals surface area (Å²) in [6.45, 7) is 6.80. The molecule has 2 heterocycles. The van der Waals surface area contributed by atoms with Gasteiger partial charge in [-0.1, -0.05) is 0 Å². The average Bonchev–Trinajstić information content (AvgIpc) is 2.77. The van der Waals surface area contributed by atoms with Gasteiger partial charge < -0.3 is 19.5 Å². The highest BCUT2D eigenvalue weighted by Crippen LogP contribution is 2.24. The Bertz CT molecular complexity index is 406. The molecule has 0 aromatic rings. The first kappa shape index (κ1) is 16.0. The summed E-state index contributed by atoms with van der Waals surface area (Å²) in [5.41, 5.74) is -1.66. The second-order valence-electron chi connectivity index (χ2n) is 6.74. The first-order chi connectivity index (χ1) is 9.72. The van der Waals surface area contributed by atoms with Crippen molar-refractivity contribution >= 4 is 12.1 Å². The lowest BCUT2D eigenvalue weighted by Crippen LogP contribution is -2.75. The topological polar surface area (TPSA) is 88.1 Å². The number of carboxylic acid groups (broad SMARTS) is 1. The summed E-state index contributed by atoms with van der Waals surface area (Å²) in [5.74, 6) is -0.944. The van der Waals surface area contributed by atoms with Crippen molar-refractivity contribution in [3.8, 4) is 0 Å². The number of amides is 1. The highest BCUT2D eigenvalue weighted by atomic mass is 16.6. The molecule has 1 atom stereocenters. The second kappa shape index (κ2) is 5.81. The maximum Gasteiger partial charge on any atom is 0.410 e. The van der Waals surface area contributed by atoms with Gasteiger partial charge >= 0.3 is 12.1 Å². The minimum atomic E-state index is -1.08. The summed E-state index contributed by atoms with van der Waals surface area (Å²) in [7, 11) is 0. The van der Waals surface area contributed by atoms with E-state index in [2.05, 4.69) is 5.32 Å². The van der Waals surface area contributed by atoms with Gasteiger partial charge in [0.1, 0.15) is 5.60 Å². The van der Waals surface area contributed by atoms with E-state index in [0.717, 1.165) is 19.4 Å². The van der Waals surface area contributed by atoms with Gasteiger partial charge in [0, 0.05) is 13.2 Å². The molecular weight excluding hydrogens is 276 g/mol. The summed E-state index contributed by atoms with van der Waals surface area (Å²) >= 11 is 0. The number of ether oxygens (including phenoxy) is 2. The first-order valence-corrected chi connectivity index (χ1v) is 7.30. The number of carbonyl (C=O) groups excluding carboxylic acids is 1. The second-order valence-corrected chi connectivity index (χ2v) is 6.74. The fourth-order valence-corrected chi connectivity index (χ4v) is 2.50. The molecule has 1 unspecified atom stereocenters. The Morgan fingerprint density at radius 3 is 2.57 bits per heavy atom. The highest BCUT2D eigenvalue weighted by molar-refractivity contribution is 5.84. The molecule has 7 nitrogen and oxygen atoms in total. The van der Waals surface area contributed by atoms with Crippen molar-refractivity contribution in [1.82, 2.24) is 10.2 Å². The van der Waals surface area contributed by atoms with Gasteiger partial charge in [0.15, 0.2) is 5.54 Å². The van der Waals surface area contributed by atoms with Crippen molar-refractivity contribution in [2.45, 2.75) is 50.9 Å². The first-order valence-electron chi connectivity index (χ1n) is 7.30. The molecule has 2 aliphatic heterocycles. The van der Waals surface area contributed by atoms with E-state index in [9.17, 15) is 14.7 Å². The number of rotatable bonds is 4. The van der Waals surface area contributed by atoms with Crippen molar-refractivity contribution in [2.75, 3.05) is 26.2 Å². The lowest BCUT2D eigenvalue weighted by atomic mass is 9.90. The van der Waals surface area contributed by atoms with E-state index in [-0.39, 0.29) is 19.2 Å². The molecule has 0 bridgehead atoms. The van der Waals surface area contributed by atoms with Gasteiger partial charge in [-0.05, 0) is 33.6 Å². The fourth-order valence-electron chi connectivity index (χ4n) is 2.50. The number of hydrogen-bond donors (Lipinski definition) is 2. The Labute approximate surface area is 124 Å². The number of nitrogens with zero attached hydrogens (tertiary/aromatic N) is 1. The van der Waals surface area contributed by atoms with Crippen LogP contribution in [0, 0.1) is 0 Å². The molecule has 0 aromatic heterocycles. The van der Waals surface area contributed by atoms with Gasteiger partial charge in [0.25, 0.3) is 0 Å². The molecule has 2 rings (SSSR count). The minimum Gasteiger partial charge on any atom is -0.480 e. The largest absolute Gasteiger partial charge is 0.480 e. The zero-order valence-corrected chi connectivity index (χ0v) is 12.8. The molecule has 0 aromatic carbocycles. The van der Waals surface area contributed by atoms with Crippen LogP contribution in [0.15, 0.2) is 0 Å². The quantitative estimate of drug-likeness (QED) is 0.799. The molecular formula is C14H24N2O5. The molecule has 2 N–H and O–H groups in total. The zero-order valence-electron chi connectivity index (χ0n) is 12.8. The molecule has 120 valence electrons. The van der Waals surface area contributed by atoms with Crippen LogP contribution in [-0.2, 0) is 14.3 Å². The van der Waals surface area contributed by atoms with Crippen LogP contribution in [0.1, 0.15) is 33.6 Å². The fraction of sp³-hybridized carbons (Fsp3) is 0.857. The van der Waals surface area contributed by atoms with E-state index in [1.54, 1.807) is 20.8 Å². The van der Waals surface area contributed by atoms with Gasteiger partial charge in [-0.15, -0.1) is 0 Å². The average molecular weight is 300 g/mol. The molecule has 2 fully saturated rings. The van der Waals surface area contributed by atoms with Gasteiger partial charge in [0.2, 0.25) is 0 Å². The van der Waals surface area contributed by atoms with E-state index < -0.39 is 23.2 Å². The highest BCUT2D eigenvalue weighted by Gasteiger charge is 2.52. The molecule has 2 saturated heterocycles. The van der Waals surface area contributed by atoms with E-state index in [1.165, 1.54) is 4.90 Å². The lowest BCUT2D eigenvalue weighted by Gasteiger charge is -2.47. The van der Waals surface area contributed by atoms with Crippen LogP contribution in [0.4, 0.5) is 4.79 Å². The lowest BCUT2D eigenvalue weighted by molar-refractivity contribution is -0.152. The Hall–Kier alpha value is -1.34. The number of carbonyl (C=O) groups is 2. The maximum absolute atomic E-state index is 11.9. The predicted molar refractivity (Wildman–Crippen MR) is 75.2 cm³/mol. The summed E-state index contributed by atoms with van der Waals surface area (Å²) in [4.78, 5) is 24.8. The predicted octanol–water partition coefficient (Wildman–Crippen LogP) is 0.829. The Kier molecular flexibility index (Phi) is 4.43. The van der Waals surface area contributed by atoms with E-state index in [4.69, 9.17) is 9.47 Å². The third-order valence-electron chi connectivity index (χ3n) is 3.67. The van der Waals surface area contributed by atoms with Crippen molar-refractivity contribution in [3.63, 3.8) is 0 Å². The maximum atomic E-state index is 11.9. The Balaban J connectivity index is 1.85. The summed E-state index contributed by atoms with van der Waals surface area (Å²) < 4.78 is 10.7. The summed E-state index contributed by atoms with van der Waals surface area (Å²) in [5, 5.41) is 12.5. The normalized spacial score (nSPS) is 24.5. The third-order valence-corrected chi connectivity index (χ3v) is 3.67. The van der Waals surface area contributed by atoms with Crippen molar-refractivity contribution in [1.29, 1.82) is 0 Å². The Morgan fingerprint density at radius 2 is 2.10 bits per heavy atom. The van der Waals surface area contributed by atoms with Crippen LogP contribution in [0.2, 0.25) is 0 Å². The number of nitrogens with one attached hydrogen (secondary N) is 1. The Morgan fingerprint density at radius 1 is 1.43 bits per heavy atom. The monoisotopic (exact) mass is 300 g/mol. The molecule has 0 aliphatic carbocycles. The van der Waals surface area contributed by atoms with Crippen molar-refractivity contribution < 1.29 is 24.2 Å². The van der Waals surface area contributed by atoms with E-state index in [1.807, 2.05) is 0 Å². The molecule has 0 radical (unpaired) electrons. The van der Waals surface area contributed by atoms with Crippen molar-refractivity contribution in [2.24, 2.45) is 0 Å². The van der Waals surface area contributed by atoms with Crippen LogP contribution in [0.5, 0.6) is 0 Å². The van der Waals surface area contributed by atoms with E-state index in [0.29, 0.717) is 6.54 Å². The molecule has 2 aliphatic rings. The number of likely N-dealkylation sites (tertiary alicyclic amines) is 1. The van der Waals surface area contributed by atoms with E-state index >= 15 is 0 Å². The summed E-state index contributed by atoms with van der Waals surface area (Å²) in [6, 6.07) is 0. The van der Waals surface area contributed by atoms with Crippen LogP contribution >= 0.6 is 0 Å². The minimum absolute atomic E-state index is 0.0665. The molecule has 21 heavy (non-hydrogen) atoms. The number of hydrogen-bond acceptors (Lipinski definition) is 5. The summed E-state index contributed by atoms with van der Waals surface area (Å²) in [6.07, 6.45) is 1.55. The van der Waals surface area contributed by atoms with Crippen LogP contribution in [0.3, 0.4) is 0 Å². The molecule has 7 heteroatoms. The van der Waals surface area contributed by atoms with Crippen molar-refractivity contribution in [3.05, 3.63) is 0 Å². The number of aliphatic carboxylic acids is 1. The van der Waals surface area contributed by atoms with Gasteiger partial charge in [-0.3, -0.25) is 10.1 Å². The van der Waals surface area contributed by atoms with Crippen LogP contribution < -0.4 is 5.32 Å². The third kappa shape index (κ3) is 3.85. The molecule has 0 spiro atoms. The van der Waals surface area contributed by atoms with Gasteiger partial charge in [-0.25, -0.2) is 4.79 Å². The van der Waals surface area contributed by atoms with Crippen LogP contribution in [0.25, 0.3) is 0 Å². The SMILES string of the molecule is CC(C)(C)OC(=O)N1CC(NCC2CCCO2)(C(=O)O)C1. The van der Waals surface area contributed by atoms with Crippen LogP contribution in [-0.4, -0.2) is 65.6 Å². The number of carboxylic acids is 1. The molecule has 0 saturated carbocycles. The van der Waals surface area contributed by atoms with Gasteiger partial charge in [-0.2, -0.15) is 0 Å². The zero-order chi connectivity index (χ0) is 15.7. The standard InChI is InChI=1S/C14H24N2O5/c1-13(2,3)21-12(19)16-8-14(9-16,11(17)18)15-7-10-5-4-6-20-10/h10,15H,4-9H2,1-3H3,(H,17,18). The van der Waals surface area contributed by atoms with Gasteiger partial charge in [0.05, 0.1) is 19.2 Å².